The third kappa shape index (κ3) is 2.08. The Balaban J connectivity index is 0.000000605. The summed E-state index contributed by atoms with van der Waals surface area (Å²) in [5.41, 5.74) is 0. The van der Waals surface area contributed by atoms with Gasteiger partial charge in [0.15, 0.2) is 0 Å². The van der Waals surface area contributed by atoms with Gasteiger partial charge in [0.2, 0.25) is 0 Å². The van der Waals surface area contributed by atoms with Gasteiger partial charge in [-0.3, -0.25) is 0 Å². The van der Waals surface area contributed by atoms with Gasteiger partial charge in [-0.2, -0.15) is 0 Å². The van der Waals surface area contributed by atoms with E-state index in [1.807, 2.05) is 0 Å². The Hall–Kier alpha value is 0.210. The Morgan fingerprint density at radius 1 is 1.27 bits per heavy atom. The molecular formula is C8H16ClNO. The number of rotatable bonds is 0. The lowest BCUT2D eigenvalue weighted by atomic mass is 10.00. The largest absolute Gasteiger partial charge is 0.378 e. The predicted molar refractivity (Wildman–Crippen MR) is 47.2 cm³/mol. The highest BCUT2D eigenvalue weighted by Crippen LogP contribution is 2.25. The molecule has 0 amide bonds. The fourth-order valence-electron chi connectivity index (χ4n) is 1.96. The molecule has 11 heavy (non-hydrogen) atoms. The standard InChI is InChI=1S/C8H15NO.ClH/c1-2-8-7(3-5-10-8)6-9-4-1;/h7-9H,1-6H2;1H/t7-,8+;/m1./s1. The van der Waals surface area contributed by atoms with E-state index in [2.05, 4.69) is 5.32 Å². The summed E-state index contributed by atoms with van der Waals surface area (Å²) in [4.78, 5) is 0. The SMILES string of the molecule is C1CNC[C@H]2CCO[C@H]2C1.Cl. The fourth-order valence-corrected chi connectivity index (χ4v) is 1.96. The zero-order chi connectivity index (χ0) is 6.81. The molecule has 66 valence electrons. The molecular weight excluding hydrogens is 162 g/mol. The number of fused-ring (bicyclic) bond motifs is 1. The zero-order valence-electron chi connectivity index (χ0n) is 6.71. The lowest BCUT2D eigenvalue weighted by molar-refractivity contribution is 0.0877. The van der Waals surface area contributed by atoms with E-state index in [9.17, 15) is 0 Å². The van der Waals surface area contributed by atoms with Crippen molar-refractivity contribution in [2.75, 3.05) is 19.7 Å². The van der Waals surface area contributed by atoms with Crippen LogP contribution in [-0.4, -0.2) is 25.8 Å². The number of nitrogens with one attached hydrogen (secondary N) is 1. The van der Waals surface area contributed by atoms with Crippen LogP contribution in [0.5, 0.6) is 0 Å². The van der Waals surface area contributed by atoms with Crippen molar-refractivity contribution in [3.05, 3.63) is 0 Å². The second kappa shape index (κ2) is 4.29. The molecule has 0 aromatic rings. The van der Waals surface area contributed by atoms with Gasteiger partial charge in [0.1, 0.15) is 0 Å². The van der Waals surface area contributed by atoms with E-state index in [1.54, 1.807) is 0 Å². The second-order valence-corrected chi connectivity index (χ2v) is 3.30. The lowest BCUT2D eigenvalue weighted by Gasteiger charge is -2.12. The van der Waals surface area contributed by atoms with Crippen LogP contribution in [0.15, 0.2) is 0 Å². The van der Waals surface area contributed by atoms with Gasteiger partial charge in [-0.05, 0) is 31.7 Å². The first-order valence-electron chi connectivity index (χ1n) is 4.29. The van der Waals surface area contributed by atoms with Crippen LogP contribution in [0.1, 0.15) is 19.3 Å². The summed E-state index contributed by atoms with van der Waals surface area (Å²) in [5, 5.41) is 3.44. The summed E-state index contributed by atoms with van der Waals surface area (Å²) in [6.45, 7) is 3.37. The van der Waals surface area contributed by atoms with E-state index in [-0.39, 0.29) is 12.4 Å². The van der Waals surface area contributed by atoms with Crippen LogP contribution < -0.4 is 5.32 Å². The van der Waals surface area contributed by atoms with Crippen molar-refractivity contribution >= 4 is 12.4 Å². The lowest BCUT2D eigenvalue weighted by Crippen LogP contribution is -2.24. The fraction of sp³-hybridized carbons (Fsp3) is 1.00. The van der Waals surface area contributed by atoms with Crippen LogP contribution in [-0.2, 0) is 4.74 Å². The van der Waals surface area contributed by atoms with Gasteiger partial charge in [0.25, 0.3) is 0 Å². The van der Waals surface area contributed by atoms with Crippen LogP contribution in [0.3, 0.4) is 0 Å². The summed E-state index contributed by atoms with van der Waals surface area (Å²) in [6, 6.07) is 0. The van der Waals surface area contributed by atoms with Crippen molar-refractivity contribution in [3.63, 3.8) is 0 Å². The second-order valence-electron chi connectivity index (χ2n) is 3.30. The Bertz CT molecular complexity index is 109. The van der Waals surface area contributed by atoms with Crippen LogP contribution in [0, 0.1) is 5.92 Å². The maximum Gasteiger partial charge on any atom is 0.0616 e. The molecule has 0 aromatic heterocycles. The molecule has 2 aliphatic heterocycles. The van der Waals surface area contributed by atoms with Gasteiger partial charge >= 0.3 is 0 Å². The van der Waals surface area contributed by atoms with E-state index in [0.717, 1.165) is 12.5 Å². The van der Waals surface area contributed by atoms with Crippen molar-refractivity contribution in [3.8, 4) is 0 Å². The Kier molecular flexibility index (Phi) is 3.63. The van der Waals surface area contributed by atoms with Crippen LogP contribution >= 0.6 is 12.4 Å². The normalized spacial score (nSPS) is 37.1. The van der Waals surface area contributed by atoms with Crippen molar-refractivity contribution in [1.82, 2.24) is 5.32 Å². The summed E-state index contributed by atoms with van der Waals surface area (Å²) in [7, 11) is 0. The minimum atomic E-state index is 0. The Morgan fingerprint density at radius 3 is 3.09 bits per heavy atom. The number of halogens is 1. The van der Waals surface area contributed by atoms with Gasteiger partial charge in [0.05, 0.1) is 6.10 Å². The summed E-state index contributed by atoms with van der Waals surface area (Å²) >= 11 is 0. The molecule has 0 spiro atoms. The number of hydrogen-bond acceptors (Lipinski definition) is 2. The first kappa shape index (κ1) is 9.30. The van der Waals surface area contributed by atoms with Gasteiger partial charge in [-0.25, -0.2) is 0 Å². The average Bonchev–Trinajstić information content (AvgIpc) is 2.28. The molecule has 0 unspecified atom stereocenters. The molecule has 0 aromatic carbocycles. The average molecular weight is 178 g/mol. The quantitative estimate of drug-likeness (QED) is 0.601. The monoisotopic (exact) mass is 177 g/mol. The molecule has 2 atom stereocenters. The van der Waals surface area contributed by atoms with Gasteiger partial charge in [-0.1, -0.05) is 0 Å². The smallest absolute Gasteiger partial charge is 0.0616 e. The van der Waals surface area contributed by atoms with E-state index < -0.39 is 0 Å². The Labute approximate surface area is 74.1 Å². The Morgan fingerprint density at radius 2 is 2.18 bits per heavy atom. The van der Waals surface area contributed by atoms with Crippen molar-refractivity contribution in [2.45, 2.75) is 25.4 Å². The zero-order valence-corrected chi connectivity index (χ0v) is 7.53. The highest BCUT2D eigenvalue weighted by atomic mass is 35.5. The third-order valence-corrected chi connectivity index (χ3v) is 2.60. The third-order valence-electron chi connectivity index (χ3n) is 2.60. The van der Waals surface area contributed by atoms with E-state index >= 15 is 0 Å². The van der Waals surface area contributed by atoms with Crippen molar-refractivity contribution in [2.24, 2.45) is 5.92 Å². The van der Waals surface area contributed by atoms with Gasteiger partial charge in [0, 0.05) is 13.2 Å². The maximum absolute atomic E-state index is 5.60. The molecule has 3 heteroatoms. The molecule has 0 bridgehead atoms. The molecule has 2 heterocycles. The van der Waals surface area contributed by atoms with Crippen molar-refractivity contribution < 1.29 is 4.74 Å². The molecule has 2 nitrogen and oxygen atoms in total. The number of ether oxygens (including phenoxy) is 1. The minimum Gasteiger partial charge on any atom is -0.378 e. The van der Waals surface area contributed by atoms with Crippen LogP contribution in [0.25, 0.3) is 0 Å². The molecule has 2 aliphatic rings. The van der Waals surface area contributed by atoms with E-state index in [1.165, 1.54) is 32.4 Å². The van der Waals surface area contributed by atoms with E-state index in [4.69, 9.17) is 4.74 Å². The first-order valence-corrected chi connectivity index (χ1v) is 4.29. The highest BCUT2D eigenvalue weighted by molar-refractivity contribution is 5.85. The maximum atomic E-state index is 5.60. The van der Waals surface area contributed by atoms with Gasteiger partial charge in [-0.15, -0.1) is 12.4 Å². The molecule has 0 radical (unpaired) electrons. The van der Waals surface area contributed by atoms with E-state index in [0.29, 0.717) is 6.10 Å². The molecule has 2 saturated heterocycles. The molecule has 2 fully saturated rings. The molecule has 0 saturated carbocycles. The molecule has 2 rings (SSSR count). The minimum absolute atomic E-state index is 0. The highest BCUT2D eigenvalue weighted by Gasteiger charge is 2.28. The summed E-state index contributed by atoms with van der Waals surface area (Å²) in [6.07, 6.45) is 4.44. The summed E-state index contributed by atoms with van der Waals surface area (Å²) < 4.78 is 5.60. The molecule has 1 N–H and O–H groups in total. The topological polar surface area (TPSA) is 21.3 Å². The van der Waals surface area contributed by atoms with Crippen LogP contribution in [0.4, 0.5) is 0 Å². The van der Waals surface area contributed by atoms with Crippen LogP contribution in [0.2, 0.25) is 0 Å². The molecule has 0 aliphatic carbocycles. The first-order chi connectivity index (χ1) is 4.97. The van der Waals surface area contributed by atoms with Crippen molar-refractivity contribution in [1.29, 1.82) is 0 Å². The number of hydrogen-bond donors (Lipinski definition) is 1. The predicted octanol–water partition coefficient (Wildman–Crippen LogP) is 1.20. The van der Waals surface area contributed by atoms with Gasteiger partial charge < -0.3 is 10.1 Å². The summed E-state index contributed by atoms with van der Waals surface area (Å²) in [5.74, 6) is 0.822.